The Morgan fingerprint density at radius 2 is 1.77 bits per heavy atom. The molecule has 0 atom stereocenters. The minimum atomic E-state index is -3.20. The molecule has 8 heteroatoms. The fourth-order valence-electron chi connectivity index (χ4n) is 2.17. The van der Waals surface area contributed by atoms with E-state index in [2.05, 4.69) is 0 Å². The first-order valence-corrected chi connectivity index (χ1v) is 8.67. The zero-order chi connectivity index (χ0) is 16.2. The van der Waals surface area contributed by atoms with Gasteiger partial charge in [-0.2, -0.15) is 4.31 Å². The molecule has 6 nitrogen and oxygen atoms in total. The first kappa shape index (κ1) is 16.7. The lowest BCUT2D eigenvalue weighted by atomic mass is 10.3. The van der Waals surface area contributed by atoms with Crippen LogP contribution >= 0.6 is 0 Å². The average molecular weight is 330 g/mol. The Labute approximate surface area is 129 Å². The molecule has 1 aliphatic heterocycles. The first-order chi connectivity index (χ1) is 10.4. The largest absolute Gasteiger partial charge is 0.484 e. The molecule has 22 heavy (non-hydrogen) atoms. The topological polar surface area (TPSA) is 66.9 Å². The van der Waals surface area contributed by atoms with Crippen LogP contribution in [0.2, 0.25) is 0 Å². The quantitative estimate of drug-likeness (QED) is 0.797. The number of hydrogen-bond acceptors (Lipinski definition) is 4. The van der Waals surface area contributed by atoms with Gasteiger partial charge in [-0.25, -0.2) is 12.8 Å². The van der Waals surface area contributed by atoms with Gasteiger partial charge in [0.15, 0.2) is 6.61 Å². The summed E-state index contributed by atoms with van der Waals surface area (Å²) in [5, 5.41) is 0. The summed E-state index contributed by atoms with van der Waals surface area (Å²) in [6, 6.07) is 5.42. The van der Waals surface area contributed by atoms with E-state index >= 15 is 0 Å². The summed E-state index contributed by atoms with van der Waals surface area (Å²) in [7, 11) is -3.20. The summed E-state index contributed by atoms with van der Waals surface area (Å²) in [6.07, 6.45) is 0. The van der Waals surface area contributed by atoms with Gasteiger partial charge in [0.05, 0.1) is 5.75 Å². The maximum absolute atomic E-state index is 12.8. The normalized spacial score (nSPS) is 16.5. The van der Waals surface area contributed by atoms with Crippen molar-refractivity contribution in [1.29, 1.82) is 0 Å². The van der Waals surface area contributed by atoms with Crippen LogP contribution in [0.4, 0.5) is 4.39 Å². The molecule has 1 amide bonds. The third-order valence-electron chi connectivity index (χ3n) is 3.53. The first-order valence-electron chi connectivity index (χ1n) is 7.06. The van der Waals surface area contributed by atoms with Crippen LogP contribution in [0.15, 0.2) is 24.3 Å². The number of nitrogens with zero attached hydrogens (tertiary/aromatic N) is 2. The average Bonchev–Trinajstić information content (AvgIpc) is 2.54. The van der Waals surface area contributed by atoms with E-state index in [0.717, 1.165) is 0 Å². The third-order valence-corrected chi connectivity index (χ3v) is 5.41. The molecule has 0 radical (unpaired) electrons. The van der Waals surface area contributed by atoms with Gasteiger partial charge in [-0.15, -0.1) is 0 Å². The SMILES string of the molecule is CCS(=O)(=O)N1CCN(C(=O)COc2ccc(F)cc2)CC1. The molecule has 1 aromatic rings. The summed E-state index contributed by atoms with van der Waals surface area (Å²) in [6.45, 7) is 2.77. The Morgan fingerprint density at radius 3 is 2.32 bits per heavy atom. The van der Waals surface area contributed by atoms with Crippen LogP contribution in [-0.4, -0.2) is 62.1 Å². The minimum absolute atomic E-state index is 0.0641. The lowest BCUT2D eigenvalue weighted by Crippen LogP contribution is -2.51. The van der Waals surface area contributed by atoms with Crippen LogP contribution in [0, 0.1) is 5.82 Å². The zero-order valence-electron chi connectivity index (χ0n) is 12.4. The molecule has 1 heterocycles. The van der Waals surface area contributed by atoms with Crippen molar-refractivity contribution in [1.82, 2.24) is 9.21 Å². The van der Waals surface area contributed by atoms with Gasteiger partial charge in [0.2, 0.25) is 10.0 Å². The molecule has 0 saturated carbocycles. The Hall–Kier alpha value is -1.67. The third kappa shape index (κ3) is 4.17. The lowest BCUT2D eigenvalue weighted by Gasteiger charge is -2.33. The van der Waals surface area contributed by atoms with E-state index in [-0.39, 0.29) is 24.1 Å². The molecule has 0 aromatic heterocycles. The molecular weight excluding hydrogens is 311 g/mol. The molecule has 122 valence electrons. The highest BCUT2D eigenvalue weighted by Crippen LogP contribution is 2.12. The van der Waals surface area contributed by atoms with Crippen LogP contribution < -0.4 is 4.74 Å². The van der Waals surface area contributed by atoms with Gasteiger partial charge in [0, 0.05) is 26.2 Å². The fraction of sp³-hybridized carbons (Fsp3) is 0.500. The van der Waals surface area contributed by atoms with E-state index in [1.54, 1.807) is 11.8 Å². The number of rotatable bonds is 5. The number of amides is 1. The summed E-state index contributed by atoms with van der Waals surface area (Å²) >= 11 is 0. The predicted molar refractivity (Wildman–Crippen MR) is 79.5 cm³/mol. The van der Waals surface area contributed by atoms with Crippen LogP contribution in [-0.2, 0) is 14.8 Å². The Kier molecular flexibility index (Phi) is 5.36. The van der Waals surface area contributed by atoms with Gasteiger partial charge in [-0.3, -0.25) is 4.79 Å². The molecule has 0 aliphatic carbocycles. The van der Waals surface area contributed by atoms with Crippen LogP contribution in [0.3, 0.4) is 0 Å². The van der Waals surface area contributed by atoms with Gasteiger partial charge in [-0.1, -0.05) is 0 Å². The molecule has 1 fully saturated rings. The molecule has 2 rings (SSSR count). The molecule has 1 aliphatic rings. The standard InChI is InChI=1S/C14H19FN2O4S/c1-2-22(19,20)17-9-7-16(8-10-17)14(18)11-21-13-5-3-12(15)4-6-13/h3-6H,2,7-11H2,1H3. The molecule has 0 unspecified atom stereocenters. The molecule has 0 N–H and O–H groups in total. The number of halogens is 1. The number of ether oxygens (including phenoxy) is 1. The van der Waals surface area contributed by atoms with Crippen LogP contribution in [0.1, 0.15) is 6.92 Å². The second-order valence-corrected chi connectivity index (χ2v) is 7.18. The van der Waals surface area contributed by atoms with E-state index in [0.29, 0.717) is 31.9 Å². The molecule has 1 saturated heterocycles. The van der Waals surface area contributed by atoms with Gasteiger partial charge in [0.25, 0.3) is 5.91 Å². The summed E-state index contributed by atoms with van der Waals surface area (Å²) in [5.41, 5.74) is 0. The Balaban J connectivity index is 1.81. The van der Waals surface area contributed by atoms with E-state index in [1.807, 2.05) is 0 Å². The van der Waals surface area contributed by atoms with Crippen LogP contribution in [0.25, 0.3) is 0 Å². The second kappa shape index (κ2) is 7.06. The van der Waals surface area contributed by atoms with Crippen molar-refractivity contribution in [2.24, 2.45) is 0 Å². The van der Waals surface area contributed by atoms with E-state index in [1.165, 1.54) is 28.6 Å². The smallest absolute Gasteiger partial charge is 0.260 e. The maximum atomic E-state index is 12.8. The molecular formula is C14H19FN2O4S. The van der Waals surface area contributed by atoms with Crippen molar-refractivity contribution in [3.63, 3.8) is 0 Å². The highest BCUT2D eigenvalue weighted by atomic mass is 32.2. The van der Waals surface area contributed by atoms with Crippen LogP contribution in [0.5, 0.6) is 5.75 Å². The molecule has 1 aromatic carbocycles. The van der Waals surface area contributed by atoms with E-state index in [9.17, 15) is 17.6 Å². The Bertz CT molecular complexity index is 610. The number of benzene rings is 1. The second-order valence-electron chi connectivity index (χ2n) is 4.92. The number of carbonyl (C=O) groups excluding carboxylic acids is 1. The predicted octanol–water partition coefficient (Wildman–Crippen LogP) is 0.698. The van der Waals surface area contributed by atoms with Gasteiger partial charge < -0.3 is 9.64 Å². The fourth-order valence-corrected chi connectivity index (χ4v) is 3.25. The minimum Gasteiger partial charge on any atom is -0.484 e. The molecule has 0 spiro atoms. The highest BCUT2D eigenvalue weighted by molar-refractivity contribution is 7.89. The summed E-state index contributed by atoms with van der Waals surface area (Å²) in [5.74, 6) is -0.0963. The van der Waals surface area contributed by atoms with Gasteiger partial charge in [-0.05, 0) is 31.2 Å². The zero-order valence-corrected chi connectivity index (χ0v) is 13.2. The summed E-state index contributed by atoms with van der Waals surface area (Å²) < 4.78 is 42.9. The van der Waals surface area contributed by atoms with E-state index in [4.69, 9.17) is 4.74 Å². The number of piperazine rings is 1. The van der Waals surface area contributed by atoms with E-state index < -0.39 is 10.0 Å². The van der Waals surface area contributed by atoms with Crippen molar-refractivity contribution >= 4 is 15.9 Å². The van der Waals surface area contributed by atoms with Crippen molar-refractivity contribution in [2.45, 2.75) is 6.92 Å². The molecule has 0 bridgehead atoms. The number of carbonyl (C=O) groups is 1. The van der Waals surface area contributed by atoms with Crippen molar-refractivity contribution in [2.75, 3.05) is 38.5 Å². The van der Waals surface area contributed by atoms with Gasteiger partial charge in [0.1, 0.15) is 11.6 Å². The number of hydrogen-bond donors (Lipinski definition) is 0. The van der Waals surface area contributed by atoms with Gasteiger partial charge >= 0.3 is 0 Å². The van der Waals surface area contributed by atoms with Crippen molar-refractivity contribution < 1.29 is 22.3 Å². The Morgan fingerprint density at radius 1 is 1.18 bits per heavy atom. The monoisotopic (exact) mass is 330 g/mol. The number of sulfonamides is 1. The van der Waals surface area contributed by atoms with Crippen molar-refractivity contribution in [3.8, 4) is 5.75 Å². The lowest BCUT2D eigenvalue weighted by molar-refractivity contribution is -0.134. The highest BCUT2D eigenvalue weighted by Gasteiger charge is 2.27. The maximum Gasteiger partial charge on any atom is 0.260 e. The van der Waals surface area contributed by atoms with Crippen molar-refractivity contribution in [3.05, 3.63) is 30.1 Å². The summed E-state index contributed by atoms with van der Waals surface area (Å²) in [4.78, 5) is 13.6.